The molecular weight excluding hydrogens is 198 g/mol. The van der Waals surface area contributed by atoms with Gasteiger partial charge in [-0.25, -0.2) is 0 Å². The molecule has 0 aliphatic rings. The predicted molar refractivity (Wildman–Crippen MR) is 52.3 cm³/mol. The molecule has 0 atom stereocenters. The van der Waals surface area contributed by atoms with Crippen molar-refractivity contribution in [2.24, 2.45) is 0 Å². The molecule has 15 heavy (non-hydrogen) atoms. The molecule has 0 fully saturated rings. The minimum atomic E-state index is -0.431. The first-order chi connectivity index (χ1) is 7.15. The molecule has 0 aromatic carbocycles. The molecule has 5 nitrogen and oxygen atoms in total. The van der Waals surface area contributed by atoms with Crippen LogP contribution in [-0.2, 0) is 9.53 Å². The van der Waals surface area contributed by atoms with Crippen LogP contribution >= 0.6 is 0 Å². The normalized spacial score (nSPS) is 9.73. The molecule has 5 heteroatoms. The molecule has 1 amide bonds. The quantitative estimate of drug-likeness (QED) is 0.695. The highest BCUT2D eigenvalue weighted by atomic mass is 16.5. The van der Waals surface area contributed by atoms with E-state index in [-0.39, 0.29) is 18.2 Å². The topological polar surface area (TPSA) is 59.8 Å². The molecule has 0 saturated heterocycles. The summed E-state index contributed by atoms with van der Waals surface area (Å²) in [5.74, 6) is -0.560. The van der Waals surface area contributed by atoms with Crippen LogP contribution in [0.4, 0.5) is 0 Å². The van der Waals surface area contributed by atoms with Gasteiger partial charge in [-0.15, -0.1) is 0 Å². The van der Waals surface area contributed by atoms with Gasteiger partial charge in [-0.2, -0.15) is 0 Å². The number of esters is 1. The van der Waals surface area contributed by atoms with Gasteiger partial charge >= 0.3 is 5.97 Å². The maximum Gasteiger partial charge on any atom is 0.325 e. The van der Waals surface area contributed by atoms with Crippen LogP contribution in [0.2, 0.25) is 0 Å². The number of hydrogen-bond acceptors (Lipinski definition) is 4. The summed E-state index contributed by atoms with van der Waals surface area (Å²) < 4.78 is 9.63. The van der Waals surface area contributed by atoms with Crippen molar-refractivity contribution in [1.82, 2.24) is 4.90 Å². The highest BCUT2D eigenvalue weighted by molar-refractivity contribution is 5.93. The van der Waals surface area contributed by atoms with Crippen LogP contribution in [0.3, 0.4) is 0 Å². The fraction of sp³-hybridized carbons (Fsp3) is 0.400. The highest BCUT2D eigenvalue weighted by Crippen LogP contribution is 2.03. The number of likely N-dealkylation sites (N-methyl/N-ethyl adjacent to an activating group) is 1. The van der Waals surface area contributed by atoms with Crippen LogP contribution in [0.5, 0.6) is 0 Å². The molecule has 1 aromatic heterocycles. The van der Waals surface area contributed by atoms with Crippen LogP contribution in [0.1, 0.15) is 17.5 Å². The number of rotatable bonds is 4. The molecule has 0 aliphatic heterocycles. The third kappa shape index (κ3) is 3.12. The molecule has 0 N–H and O–H groups in total. The zero-order valence-corrected chi connectivity index (χ0v) is 8.73. The molecule has 0 radical (unpaired) electrons. The van der Waals surface area contributed by atoms with E-state index in [1.54, 1.807) is 19.1 Å². The van der Waals surface area contributed by atoms with Gasteiger partial charge in [0.1, 0.15) is 6.54 Å². The SMILES string of the molecule is CCOC(=O)CN(C)C(=O)c1ccco1. The summed E-state index contributed by atoms with van der Waals surface area (Å²) in [6.07, 6.45) is 1.41. The predicted octanol–water partition coefficient (Wildman–Crippen LogP) is 0.915. The van der Waals surface area contributed by atoms with E-state index in [0.29, 0.717) is 6.61 Å². The molecule has 0 spiro atoms. The van der Waals surface area contributed by atoms with Crippen LogP contribution in [0, 0.1) is 0 Å². The molecule has 1 rings (SSSR count). The van der Waals surface area contributed by atoms with Crippen LogP contribution < -0.4 is 0 Å². The third-order valence-electron chi connectivity index (χ3n) is 1.75. The number of carbonyl (C=O) groups excluding carboxylic acids is 2. The summed E-state index contributed by atoms with van der Waals surface area (Å²) in [6, 6.07) is 3.16. The van der Waals surface area contributed by atoms with E-state index in [9.17, 15) is 9.59 Å². The Morgan fingerprint density at radius 3 is 2.80 bits per heavy atom. The minimum absolute atomic E-state index is 0.0760. The van der Waals surface area contributed by atoms with E-state index in [4.69, 9.17) is 9.15 Å². The van der Waals surface area contributed by atoms with Crippen molar-refractivity contribution in [2.45, 2.75) is 6.92 Å². The number of hydrogen-bond donors (Lipinski definition) is 0. The number of furan rings is 1. The zero-order chi connectivity index (χ0) is 11.3. The van der Waals surface area contributed by atoms with Crippen LogP contribution in [0.15, 0.2) is 22.8 Å². The van der Waals surface area contributed by atoms with Crippen molar-refractivity contribution >= 4 is 11.9 Å². The monoisotopic (exact) mass is 211 g/mol. The Morgan fingerprint density at radius 1 is 1.53 bits per heavy atom. The molecule has 1 heterocycles. The standard InChI is InChI=1S/C10H13NO4/c1-3-14-9(12)7-11(2)10(13)8-5-4-6-15-8/h4-6H,3,7H2,1-2H3. The molecule has 82 valence electrons. The molecule has 0 aliphatic carbocycles. The van der Waals surface area contributed by atoms with E-state index >= 15 is 0 Å². The van der Waals surface area contributed by atoms with Crippen molar-refractivity contribution in [2.75, 3.05) is 20.2 Å². The summed E-state index contributed by atoms with van der Waals surface area (Å²) in [4.78, 5) is 23.9. The van der Waals surface area contributed by atoms with Crippen molar-refractivity contribution in [3.05, 3.63) is 24.2 Å². The van der Waals surface area contributed by atoms with Gasteiger partial charge in [0.2, 0.25) is 0 Å². The maximum absolute atomic E-state index is 11.6. The minimum Gasteiger partial charge on any atom is -0.465 e. The number of nitrogens with zero attached hydrogens (tertiary/aromatic N) is 1. The number of carbonyl (C=O) groups is 2. The zero-order valence-electron chi connectivity index (χ0n) is 8.73. The Labute approximate surface area is 87.6 Å². The van der Waals surface area contributed by atoms with Gasteiger partial charge in [0.05, 0.1) is 12.9 Å². The fourth-order valence-electron chi connectivity index (χ4n) is 1.06. The lowest BCUT2D eigenvalue weighted by atomic mass is 10.4. The lowest BCUT2D eigenvalue weighted by Crippen LogP contribution is -2.32. The average Bonchev–Trinajstić information content (AvgIpc) is 2.69. The number of ether oxygens (including phenoxy) is 1. The molecular formula is C10H13NO4. The van der Waals surface area contributed by atoms with E-state index in [1.165, 1.54) is 18.2 Å². The van der Waals surface area contributed by atoms with Crippen molar-refractivity contribution < 1.29 is 18.7 Å². The first kappa shape index (κ1) is 11.3. The Morgan fingerprint density at radius 2 is 2.27 bits per heavy atom. The average molecular weight is 211 g/mol. The Hall–Kier alpha value is -1.78. The van der Waals surface area contributed by atoms with Crippen molar-refractivity contribution in [3.8, 4) is 0 Å². The Bertz CT molecular complexity index is 331. The van der Waals surface area contributed by atoms with Crippen molar-refractivity contribution in [3.63, 3.8) is 0 Å². The summed E-state index contributed by atoms with van der Waals surface area (Å²) >= 11 is 0. The maximum atomic E-state index is 11.6. The molecule has 1 aromatic rings. The Kier molecular flexibility index (Phi) is 3.91. The van der Waals surface area contributed by atoms with Gasteiger partial charge in [0.25, 0.3) is 5.91 Å². The van der Waals surface area contributed by atoms with E-state index < -0.39 is 5.97 Å². The number of amides is 1. The van der Waals surface area contributed by atoms with Gasteiger partial charge in [-0.05, 0) is 19.1 Å². The largest absolute Gasteiger partial charge is 0.465 e. The van der Waals surface area contributed by atoms with Gasteiger partial charge < -0.3 is 14.1 Å². The molecule has 0 saturated carbocycles. The van der Waals surface area contributed by atoms with Gasteiger partial charge in [0.15, 0.2) is 5.76 Å². The second-order valence-electron chi connectivity index (χ2n) is 2.94. The first-order valence-electron chi connectivity index (χ1n) is 4.59. The van der Waals surface area contributed by atoms with E-state index in [2.05, 4.69) is 0 Å². The Balaban J connectivity index is 2.51. The highest BCUT2D eigenvalue weighted by Gasteiger charge is 2.17. The van der Waals surface area contributed by atoms with Crippen LogP contribution in [0.25, 0.3) is 0 Å². The second-order valence-corrected chi connectivity index (χ2v) is 2.94. The fourth-order valence-corrected chi connectivity index (χ4v) is 1.06. The van der Waals surface area contributed by atoms with E-state index in [0.717, 1.165) is 0 Å². The lowest BCUT2D eigenvalue weighted by molar-refractivity contribution is -0.143. The third-order valence-corrected chi connectivity index (χ3v) is 1.75. The smallest absolute Gasteiger partial charge is 0.325 e. The lowest BCUT2D eigenvalue weighted by Gasteiger charge is -2.14. The molecule has 0 unspecified atom stereocenters. The summed E-state index contributed by atoms with van der Waals surface area (Å²) in [5, 5.41) is 0. The second kappa shape index (κ2) is 5.19. The van der Waals surface area contributed by atoms with Gasteiger partial charge in [0, 0.05) is 7.05 Å². The van der Waals surface area contributed by atoms with E-state index in [1.807, 2.05) is 0 Å². The first-order valence-corrected chi connectivity index (χ1v) is 4.59. The summed E-state index contributed by atoms with van der Waals surface area (Å²) in [6.45, 7) is 1.95. The van der Waals surface area contributed by atoms with Crippen LogP contribution in [-0.4, -0.2) is 37.0 Å². The van der Waals surface area contributed by atoms with Gasteiger partial charge in [-0.3, -0.25) is 9.59 Å². The van der Waals surface area contributed by atoms with Gasteiger partial charge in [-0.1, -0.05) is 0 Å². The summed E-state index contributed by atoms with van der Waals surface area (Å²) in [7, 11) is 1.52. The molecule has 0 bridgehead atoms. The van der Waals surface area contributed by atoms with Crippen molar-refractivity contribution in [1.29, 1.82) is 0 Å². The summed E-state index contributed by atoms with van der Waals surface area (Å²) in [5.41, 5.74) is 0.